The van der Waals surface area contributed by atoms with Crippen LogP contribution < -0.4 is 0 Å². The molecule has 0 spiro atoms. The van der Waals surface area contributed by atoms with Crippen LogP contribution in [-0.2, 0) is 0 Å². The van der Waals surface area contributed by atoms with Gasteiger partial charge in [0, 0.05) is 21.5 Å². The first kappa shape index (κ1) is 15.2. The van der Waals surface area contributed by atoms with Gasteiger partial charge >= 0.3 is 0 Å². The number of benzene rings is 2. The fraction of sp³-hybridized carbons (Fsp3) is 0.111. The van der Waals surface area contributed by atoms with Crippen LogP contribution in [0, 0.1) is 6.92 Å². The number of hydrogen-bond acceptors (Lipinski definition) is 2. The van der Waals surface area contributed by atoms with Crippen molar-refractivity contribution in [2.75, 3.05) is 5.33 Å². The molecule has 3 rings (SSSR count). The topological polar surface area (TPSA) is 30.0 Å². The van der Waals surface area contributed by atoms with Gasteiger partial charge in [-0.15, -0.1) is 0 Å². The van der Waals surface area contributed by atoms with Gasteiger partial charge in [0.15, 0.2) is 5.78 Å². The summed E-state index contributed by atoms with van der Waals surface area (Å²) in [4.78, 5) is 17.0. The van der Waals surface area contributed by atoms with E-state index in [1.165, 1.54) is 0 Å². The van der Waals surface area contributed by atoms with E-state index in [9.17, 15) is 4.79 Å². The fourth-order valence-corrected chi connectivity index (χ4v) is 2.92. The molecule has 0 amide bonds. The number of Topliss-reactive ketones (excluding diaryl/α,β-unsaturated/α-hetero) is 1. The number of pyridine rings is 1. The van der Waals surface area contributed by atoms with E-state index in [2.05, 4.69) is 15.9 Å². The molecule has 0 fully saturated rings. The third-order valence-corrected chi connectivity index (χ3v) is 4.58. The van der Waals surface area contributed by atoms with Gasteiger partial charge in [-0.2, -0.15) is 0 Å². The van der Waals surface area contributed by atoms with Gasteiger partial charge in [0.25, 0.3) is 0 Å². The Morgan fingerprint density at radius 3 is 2.59 bits per heavy atom. The van der Waals surface area contributed by atoms with Crippen molar-refractivity contribution < 1.29 is 4.79 Å². The molecule has 0 aliphatic rings. The van der Waals surface area contributed by atoms with Gasteiger partial charge in [-0.3, -0.25) is 4.79 Å². The number of aromatic nitrogens is 1. The minimum Gasteiger partial charge on any atom is -0.293 e. The number of aryl methyl sites for hydroxylation is 1. The van der Waals surface area contributed by atoms with Gasteiger partial charge in [-0.1, -0.05) is 63.9 Å². The smallest absolute Gasteiger partial charge is 0.174 e. The molecule has 0 aliphatic heterocycles. The van der Waals surface area contributed by atoms with Gasteiger partial charge < -0.3 is 0 Å². The van der Waals surface area contributed by atoms with Crippen LogP contribution in [0.5, 0.6) is 0 Å². The highest BCUT2D eigenvalue weighted by molar-refractivity contribution is 9.09. The number of halogens is 2. The number of alkyl halides is 1. The lowest BCUT2D eigenvalue weighted by Gasteiger charge is -2.11. The third-order valence-electron chi connectivity index (χ3n) is 3.66. The number of fused-ring (bicyclic) bond motifs is 1. The summed E-state index contributed by atoms with van der Waals surface area (Å²) in [5.74, 6) is 0.0336. The number of nitrogens with zero attached hydrogens (tertiary/aromatic N) is 1. The second kappa shape index (κ2) is 6.19. The summed E-state index contributed by atoms with van der Waals surface area (Å²) in [6.45, 7) is 1.93. The second-order valence-electron chi connectivity index (χ2n) is 5.05. The summed E-state index contributed by atoms with van der Waals surface area (Å²) in [5, 5.41) is 1.77. The summed E-state index contributed by atoms with van der Waals surface area (Å²) in [6.07, 6.45) is 0. The van der Waals surface area contributed by atoms with Crippen LogP contribution in [0.25, 0.3) is 22.2 Å². The Morgan fingerprint density at radius 2 is 1.91 bits per heavy atom. The van der Waals surface area contributed by atoms with Crippen LogP contribution >= 0.6 is 27.5 Å². The largest absolute Gasteiger partial charge is 0.293 e. The first-order valence-electron chi connectivity index (χ1n) is 6.86. The van der Waals surface area contributed by atoms with Crippen LogP contribution in [0.1, 0.15) is 15.9 Å². The van der Waals surface area contributed by atoms with Gasteiger partial charge in [0.05, 0.1) is 16.5 Å². The Labute approximate surface area is 142 Å². The molecule has 2 aromatic carbocycles. The summed E-state index contributed by atoms with van der Waals surface area (Å²) in [6, 6.07) is 15.4. The van der Waals surface area contributed by atoms with Crippen molar-refractivity contribution in [1.29, 1.82) is 0 Å². The number of hydrogen-bond donors (Lipinski definition) is 0. The zero-order valence-corrected chi connectivity index (χ0v) is 14.3. The Hall–Kier alpha value is -1.71. The van der Waals surface area contributed by atoms with E-state index >= 15 is 0 Å². The summed E-state index contributed by atoms with van der Waals surface area (Å²) < 4.78 is 0. The van der Waals surface area contributed by atoms with E-state index in [-0.39, 0.29) is 11.1 Å². The molecule has 1 heterocycles. The number of ketones is 1. The van der Waals surface area contributed by atoms with Crippen molar-refractivity contribution in [2.45, 2.75) is 6.92 Å². The van der Waals surface area contributed by atoms with Crippen molar-refractivity contribution in [1.82, 2.24) is 4.98 Å². The molecule has 0 N–H and O–H groups in total. The molecule has 2 nitrogen and oxygen atoms in total. The molecule has 4 heteroatoms. The molecule has 0 saturated heterocycles. The van der Waals surface area contributed by atoms with Crippen molar-refractivity contribution in [2.24, 2.45) is 0 Å². The molecular weight excluding hydrogens is 362 g/mol. The second-order valence-corrected chi connectivity index (χ2v) is 6.01. The molecule has 1 aromatic heterocycles. The van der Waals surface area contributed by atoms with Crippen LogP contribution in [0.4, 0.5) is 0 Å². The van der Waals surface area contributed by atoms with Gasteiger partial charge in [-0.05, 0) is 24.6 Å². The van der Waals surface area contributed by atoms with Gasteiger partial charge in [-0.25, -0.2) is 4.98 Å². The molecule has 0 bridgehead atoms. The van der Waals surface area contributed by atoms with E-state index in [1.807, 2.05) is 55.5 Å². The van der Waals surface area contributed by atoms with Crippen molar-refractivity contribution in [3.8, 4) is 11.3 Å². The average molecular weight is 375 g/mol. The summed E-state index contributed by atoms with van der Waals surface area (Å²) >= 11 is 9.47. The van der Waals surface area contributed by atoms with Gasteiger partial charge in [0.2, 0.25) is 0 Å². The standard InChI is InChI=1S/C18H13BrClNO/c1-11-15(20)8-7-13-14(17(22)10-19)9-16(21-18(11)13)12-5-3-2-4-6-12/h2-9H,10H2,1H3. The fourth-order valence-electron chi connectivity index (χ4n) is 2.46. The first-order chi connectivity index (χ1) is 10.6. The molecule has 110 valence electrons. The zero-order chi connectivity index (χ0) is 15.7. The highest BCUT2D eigenvalue weighted by atomic mass is 79.9. The first-order valence-corrected chi connectivity index (χ1v) is 8.36. The highest BCUT2D eigenvalue weighted by Crippen LogP contribution is 2.30. The predicted octanol–water partition coefficient (Wildman–Crippen LogP) is 5.44. The molecule has 3 aromatic rings. The quantitative estimate of drug-likeness (QED) is 0.451. The molecule has 0 saturated carbocycles. The maximum atomic E-state index is 12.3. The number of carbonyl (C=O) groups is 1. The molecule has 0 unspecified atom stereocenters. The monoisotopic (exact) mass is 373 g/mol. The molecular formula is C18H13BrClNO. The summed E-state index contributed by atoms with van der Waals surface area (Å²) in [5.41, 5.74) is 4.09. The molecule has 0 atom stereocenters. The molecule has 0 aliphatic carbocycles. The lowest BCUT2D eigenvalue weighted by atomic mass is 10.00. The minimum absolute atomic E-state index is 0.0336. The maximum Gasteiger partial charge on any atom is 0.174 e. The lowest BCUT2D eigenvalue weighted by Crippen LogP contribution is -2.03. The predicted molar refractivity (Wildman–Crippen MR) is 95.1 cm³/mol. The SMILES string of the molecule is Cc1c(Cl)ccc2c(C(=O)CBr)cc(-c3ccccc3)nc12. The third kappa shape index (κ3) is 2.67. The van der Waals surface area contributed by atoms with Crippen LogP contribution in [-0.4, -0.2) is 16.1 Å². The summed E-state index contributed by atoms with van der Waals surface area (Å²) in [7, 11) is 0. The normalized spacial score (nSPS) is 10.9. The Bertz CT molecular complexity index is 862. The maximum absolute atomic E-state index is 12.3. The molecule has 22 heavy (non-hydrogen) atoms. The Kier molecular flexibility index (Phi) is 4.27. The van der Waals surface area contributed by atoms with Crippen LogP contribution in [0.15, 0.2) is 48.5 Å². The van der Waals surface area contributed by atoms with Crippen molar-refractivity contribution in [3.63, 3.8) is 0 Å². The molecule has 0 radical (unpaired) electrons. The Balaban J connectivity index is 2.36. The minimum atomic E-state index is 0.0336. The Morgan fingerprint density at radius 1 is 1.18 bits per heavy atom. The zero-order valence-electron chi connectivity index (χ0n) is 11.9. The lowest BCUT2D eigenvalue weighted by molar-refractivity contribution is 0.102. The van der Waals surface area contributed by atoms with E-state index in [0.717, 1.165) is 27.7 Å². The average Bonchev–Trinajstić information content (AvgIpc) is 2.57. The van der Waals surface area contributed by atoms with Gasteiger partial charge in [0.1, 0.15) is 0 Å². The number of carbonyl (C=O) groups excluding carboxylic acids is 1. The van der Waals surface area contributed by atoms with E-state index in [0.29, 0.717) is 10.6 Å². The van der Waals surface area contributed by atoms with Crippen LogP contribution in [0.3, 0.4) is 0 Å². The van der Waals surface area contributed by atoms with Crippen molar-refractivity contribution in [3.05, 3.63) is 64.7 Å². The van der Waals surface area contributed by atoms with E-state index in [4.69, 9.17) is 16.6 Å². The highest BCUT2D eigenvalue weighted by Gasteiger charge is 2.15. The van der Waals surface area contributed by atoms with Crippen molar-refractivity contribution >= 4 is 44.2 Å². The number of rotatable bonds is 3. The van der Waals surface area contributed by atoms with E-state index < -0.39 is 0 Å². The van der Waals surface area contributed by atoms with Crippen LogP contribution in [0.2, 0.25) is 5.02 Å². The van der Waals surface area contributed by atoms with E-state index in [1.54, 1.807) is 0 Å².